The summed E-state index contributed by atoms with van der Waals surface area (Å²) in [5.41, 5.74) is 5.92. The van der Waals surface area contributed by atoms with Crippen LogP contribution < -0.4 is 11.1 Å². The second-order valence-corrected chi connectivity index (χ2v) is 7.07. The Morgan fingerprint density at radius 2 is 2.00 bits per heavy atom. The fraction of sp³-hybridized carbons (Fsp3) is 0.714. The third kappa shape index (κ3) is 3.29. The number of hydrogen-bond donors (Lipinski definition) is 2. The number of carbonyl (C=O) groups excluding carboxylic acids is 1. The van der Waals surface area contributed by atoms with E-state index in [0.717, 1.165) is 31.3 Å². The van der Waals surface area contributed by atoms with Crippen molar-refractivity contribution in [3.8, 4) is 0 Å². The van der Waals surface area contributed by atoms with Crippen LogP contribution in [0.15, 0.2) is 0 Å². The third-order valence-electron chi connectivity index (χ3n) is 4.08. The van der Waals surface area contributed by atoms with E-state index in [9.17, 15) is 4.79 Å². The van der Waals surface area contributed by atoms with Crippen LogP contribution in [0.25, 0.3) is 0 Å². The highest BCUT2D eigenvalue weighted by molar-refractivity contribution is 7.18. The van der Waals surface area contributed by atoms with Gasteiger partial charge in [-0.15, -0.1) is 0 Å². The topological polar surface area (TPSA) is 74.5 Å². The molecule has 1 aromatic heterocycles. The van der Waals surface area contributed by atoms with E-state index in [4.69, 9.17) is 5.73 Å². The Hall–Kier alpha value is -1.34. The van der Waals surface area contributed by atoms with E-state index in [2.05, 4.69) is 29.0 Å². The molecular formula is C14H23N5OS. The summed E-state index contributed by atoms with van der Waals surface area (Å²) in [6.45, 7) is 7.76. The van der Waals surface area contributed by atoms with Crippen LogP contribution in [0.2, 0.25) is 0 Å². The van der Waals surface area contributed by atoms with Gasteiger partial charge in [0.2, 0.25) is 0 Å². The lowest BCUT2D eigenvalue weighted by Gasteiger charge is -2.36. The number of nitrogens with one attached hydrogen (secondary N) is 1. The molecule has 3 rings (SSSR count). The average Bonchev–Trinajstić information content (AvgIpc) is 3.20. The van der Waals surface area contributed by atoms with Gasteiger partial charge in [-0.1, -0.05) is 11.3 Å². The lowest BCUT2D eigenvalue weighted by atomic mass is 10.2. The van der Waals surface area contributed by atoms with Crippen LogP contribution in [0.3, 0.4) is 0 Å². The Balaban J connectivity index is 1.63. The second-order valence-electron chi connectivity index (χ2n) is 6.07. The normalized spacial score (nSPS) is 20.0. The molecule has 21 heavy (non-hydrogen) atoms. The molecule has 3 N–H and O–H groups in total. The fourth-order valence-corrected chi connectivity index (χ4v) is 3.46. The van der Waals surface area contributed by atoms with Crippen molar-refractivity contribution in [2.24, 2.45) is 0 Å². The van der Waals surface area contributed by atoms with Crippen molar-refractivity contribution in [1.29, 1.82) is 0 Å². The zero-order chi connectivity index (χ0) is 15.0. The molecule has 0 spiro atoms. The van der Waals surface area contributed by atoms with Crippen molar-refractivity contribution >= 4 is 28.2 Å². The highest BCUT2D eigenvalue weighted by atomic mass is 32.1. The number of hydrogen-bond acceptors (Lipinski definition) is 6. The molecule has 0 atom stereocenters. The molecule has 2 heterocycles. The molecular weight excluding hydrogens is 286 g/mol. The molecule has 116 valence electrons. The first-order valence-electron chi connectivity index (χ1n) is 7.60. The maximum Gasteiger partial charge on any atom is 0.267 e. The zero-order valence-electron chi connectivity index (χ0n) is 12.6. The quantitative estimate of drug-likeness (QED) is 0.881. The Labute approximate surface area is 129 Å². The van der Waals surface area contributed by atoms with Gasteiger partial charge in [-0.2, -0.15) is 0 Å². The zero-order valence-corrected chi connectivity index (χ0v) is 13.4. The van der Waals surface area contributed by atoms with E-state index in [1.807, 2.05) is 4.90 Å². The van der Waals surface area contributed by atoms with Crippen LogP contribution in [-0.2, 0) is 0 Å². The molecule has 0 bridgehead atoms. The van der Waals surface area contributed by atoms with Crippen LogP contribution in [0.4, 0.5) is 10.9 Å². The summed E-state index contributed by atoms with van der Waals surface area (Å²) < 4.78 is 0. The molecule has 0 aromatic carbocycles. The number of piperazine rings is 1. The van der Waals surface area contributed by atoms with Gasteiger partial charge in [0, 0.05) is 38.3 Å². The smallest absolute Gasteiger partial charge is 0.267 e. The van der Waals surface area contributed by atoms with Crippen molar-refractivity contribution in [2.75, 3.05) is 37.2 Å². The number of aromatic nitrogens is 1. The molecule has 1 saturated carbocycles. The van der Waals surface area contributed by atoms with Gasteiger partial charge in [0.25, 0.3) is 5.91 Å². The minimum absolute atomic E-state index is 0.0252. The molecule has 1 aliphatic heterocycles. The summed E-state index contributed by atoms with van der Waals surface area (Å²) >= 11 is 1.38. The van der Waals surface area contributed by atoms with E-state index in [-0.39, 0.29) is 5.91 Å². The number of nitrogens with zero attached hydrogens (tertiary/aromatic N) is 3. The van der Waals surface area contributed by atoms with Crippen molar-refractivity contribution < 1.29 is 4.79 Å². The molecule has 0 unspecified atom stereocenters. The number of nitrogen functional groups attached to an aromatic ring is 1. The SMILES string of the molecule is CC(C)N1CCN(C(=O)c2sc(NC3CC3)nc2N)CC1. The summed E-state index contributed by atoms with van der Waals surface area (Å²) in [5, 5.41) is 4.08. The first-order valence-corrected chi connectivity index (χ1v) is 8.42. The fourth-order valence-electron chi connectivity index (χ4n) is 2.53. The van der Waals surface area contributed by atoms with Crippen LogP contribution >= 0.6 is 11.3 Å². The number of rotatable bonds is 4. The maximum atomic E-state index is 12.6. The van der Waals surface area contributed by atoms with Gasteiger partial charge in [0.05, 0.1) is 0 Å². The summed E-state index contributed by atoms with van der Waals surface area (Å²) in [4.78, 5) is 21.7. The van der Waals surface area contributed by atoms with Gasteiger partial charge in [0.15, 0.2) is 5.13 Å². The Kier molecular flexibility index (Phi) is 4.03. The molecule has 6 nitrogen and oxygen atoms in total. The van der Waals surface area contributed by atoms with Crippen molar-refractivity contribution in [3.05, 3.63) is 4.88 Å². The molecule has 1 aromatic rings. The molecule has 2 fully saturated rings. The van der Waals surface area contributed by atoms with Crippen LogP contribution in [0, 0.1) is 0 Å². The minimum atomic E-state index is 0.0252. The highest BCUT2D eigenvalue weighted by Crippen LogP contribution is 2.31. The van der Waals surface area contributed by atoms with E-state index in [1.54, 1.807) is 0 Å². The largest absolute Gasteiger partial charge is 0.382 e. The van der Waals surface area contributed by atoms with Crippen molar-refractivity contribution in [3.63, 3.8) is 0 Å². The molecule has 0 radical (unpaired) electrons. The van der Waals surface area contributed by atoms with Gasteiger partial charge < -0.3 is 16.0 Å². The van der Waals surface area contributed by atoms with Gasteiger partial charge in [-0.05, 0) is 26.7 Å². The standard InChI is InChI=1S/C14H23N5OS/c1-9(2)18-5-7-19(8-6-18)13(20)11-12(15)17-14(21-11)16-10-3-4-10/h9-10H,3-8,15H2,1-2H3,(H,16,17). The van der Waals surface area contributed by atoms with Gasteiger partial charge in [-0.3, -0.25) is 9.69 Å². The molecule has 1 saturated heterocycles. The molecule has 1 aliphatic carbocycles. The number of anilines is 2. The first-order chi connectivity index (χ1) is 10.0. The minimum Gasteiger partial charge on any atom is -0.382 e. The number of carbonyl (C=O) groups is 1. The predicted molar refractivity (Wildman–Crippen MR) is 85.8 cm³/mol. The first kappa shape index (κ1) is 14.6. The second kappa shape index (κ2) is 5.81. The maximum absolute atomic E-state index is 12.6. The Morgan fingerprint density at radius 1 is 1.33 bits per heavy atom. The van der Waals surface area contributed by atoms with E-state index < -0.39 is 0 Å². The number of nitrogens with two attached hydrogens (primary N) is 1. The average molecular weight is 309 g/mol. The molecule has 2 aliphatic rings. The Morgan fingerprint density at radius 3 is 2.57 bits per heavy atom. The Bertz CT molecular complexity index is 517. The third-order valence-corrected chi connectivity index (χ3v) is 5.07. The van der Waals surface area contributed by atoms with Crippen LogP contribution in [0.1, 0.15) is 36.4 Å². The van der Waals surface area contributed by atoms with Crippen molar-refractivity contribution in [2.45, 2.75) is 38.8 Å². The van der Waals surface area contributed by atoms with Crippen LogP contribution in [0.5, 0.6) is 0 Å². The monoisotopic (exact) mass is 309 g/mol. The van der Waals surface area contributed by atoms with E-state index in [0.29, 0.717) is 22.8 Å². The summed E-state index contributed by atoms with van der Waals surface area (Å²) in [5.74, 6) is 0.386. The highest BCUT2D eigenvalue weighted by Gasteiger charge is 2.28. The predicted octanol–water partition coefficient (Wildman–Crippen LogP) is 1.47. The lowest BCUT2D eigenvalue weighted by Crippen LogP contribution is -2.50. The summed E-state index contributed by atoms with van der Waals surface area (Å²) in [6.07, 6.45) is 2.36. The van der Waals surface area contributed by atoms with E-state index in [1.165, 1.54) is 24.2 Å². The van der Waals surface area contributed by atoms with Gasteiger partial charge in [-0.25, -0.2) is 4.98 Å². The van der Waals surface area contributed by atoms with Gasteiger partial charge in [0.1, 0.15) is 10.7 Å². The molecule has 1 amide bonds. The van der Waals surface area contributed by atoms with Crippen molar-refractivity contribution in [1.82, 2.24) is 14.8 Å². The van der Waals surface area contributed by atoms with E-state index >= 15 is 0 Å². The number of amides is 1. The lowest BCUT2D eigenvalue weighted by molar-refractivity contribution is 0.0601. The summed E-state index contributed by atoms with van der Waals surface area (Å²) in [6, 6.07) is 1.05. The summed E-state index contributed by atoms with van der Waals surface area (Å²) in [7, 11) is 0. The van der Waals surface area contributed by atoms with Gasteiger partial charge >= 0.3 is 0 Å². The molecule has 7 heteroatoms. The van der Waals surface area contributed by atoms with Crippen LogP contribution in [-0.4, -0.2) is 59.0 Å². The number of thiazole rings is 1.